The van der Waals surface area contributed by atoms with E-state index in [0.29, 0.717) is 5.56 Å². The van der Waals surface area contributed by atoms with E-state index >= 15 is 0 Å². The zero-order valence-electron chi connectivity index (χ0n) is 13.0. The molecule has 0 saturated heterocycles. The largest absolute Gasteiger partial charge is 0.469 e. The molecule has 0 aliphatic carbocycles. The molecule has 0 bridgehead atoms. The van der Waals surface area contributed by atoms with E-state index in [0.717, 1.165) is 0 Å². The minimum atomic E-state index is -3.65. The zero-order chi connectivity index (χ0) is 16.9. The van der Waals surface area contributed by atoms with E-state index in [-0.39, 0.29) is 18.0 Å². The highest BCUT2D eigenvalue weighted by Gasteiger charge is 2.20. The van der Waals surface area contributed by atoms with Crippen LogP contribution in [-0.4, -0.2) is 32.5 Å². The molecule has 122 valence electrons. The maximum atomic E-state index is 11.9. The van der Waals surface area contributed by atoms with Crippen LogP contribution in [0.4, 0.5) is 0 Å². The van der Waals surface area contributed by atoms with Crippen LogP contribution in [0.25, 0.3) is 0 Å². The van der Waals surface area contributed by atoms with Crippen LogP contribution >= 0.6 is 0 Å². The predicted molar refractivity (Wildman–Crippen MR) is 81.2 cm³/mol. The summed E-state index contributed by atoms with van der Waals surface area (Å²) >= 11 is 0. The molecule has 0 fully saturated rings. The molecule has 6 nitrogen and oxygen atoms in total. The summed E-state index contributed by atoms with van der Waals surface area (Å²) in [5.41, 5.74) is 0.670. The number of hydrogen-bond acceptors (Lipinski definition) is 6. The molecule has 1 aromatic carbocycles. The topological polar surface area (TPSA) is 86.7 Å². The summed E-state index contributed by atoms with van der Waals surface area (Å²) in [6.07, 6.45) is -0.294. The molecule has 0 radical (unpaired) electrons. The van der Waals surface area contributed by atoms with Crippen LogP contribution in [0.2, 0.25) is 0 Å². The SMILES string of the molecule is COC(=O)CC(=O)C(C)c1ccc(OS(=O)(=O)C(C)C)cc1. The molecule has 1 aromatic rings. The number of rotatable bonds is 7. The van der Waals surface area contributed by atoms with Gasteiger partial charge >= 0.3 is 16.1 Å². The third-order valence-corrected chi connectivity index (χ3v) is 4.78. The van der Waals surface area contributed by atoms with Gasteiger partial charge in [-0.05, 0) is 31.5 Å². The van der Waals surface area contributed by atoms with Gasteiger partial charge < -0.3 is 8.92 Å². The standard InChI is InChI=1S/C15H20O6S/c1-10(2)22(18,19)21-13-7-5-12(6-8-13)11(3)14(16)9-15(17)20-4/h5-8,10-11H,9H2,1-4H3. The summed E-state index contributed by atoms with van der Waals surface area (Å²) in [5.74, 6) is -1.16. The van der Waals surface area contributed by atoms with E-state index in [9.17, 15) is 18.0 Å². The molecule has 0 spiro atoms. The second kappa shape index (κ2) is 7.40. The number of methoxy groups -OCH3 is 1. The molecule has 1 unspecified atom stereocenters. The number of esters is 1. The van der Waals surface area contributed by atoms with Gasteiger partial charge in [-0.25, -0.2) is 0 Å². The molecule has 0 saturated carbocycles. The van der Waals surface area contributed by atoms with E-state index in [1.54, 1.807) is 19.1 Å². The zero-order valence-corrected chi connectivity index (χ0v) is 13.8. The molecule has 1 rings (SSSR count). The first kappa shape index (κ1) is 18.2. The predicted octanol–water partition coefficient (Wildman–Crippen LogP) is 2.04. The number of ketones is 1. The maximum Gasteiger partial charge on any atom is 0.313 e. The smallest absolute Gasteiger partial charge is 0.313 e. The van der Waals surface area contributed by atoms with Crippen molar-refractivity contribution in [1.82, 2.24) is 0 Å². The van der Waals surface area contributed by atoms with Gasteiger partial charge in [0.25, 0.3) is 0 Å². The summed E-state index contributed by atoms with van der Waals surface area (Å²) in [4.78, 5) is 23.0. The molecule has 0 amide bonds. The van der Waals surface area contributed by atoms with Crippen molar-refractivity contribution in [3.63, 3.8) is 0 Å². The first-order chi connectivity index (χ1) is 10.2. The summed E-state index contributed by atoms with van der Waals surface area (Å²) in [5, 5.41) is -0.646. The Morgan fingerprint density at radius 1 is 1.09 bits per heavy atom. The van der Waals surface area contributed by atoms with Crippen molar-refractivity contribution in [3.8, 4) is 5.75 Å². The number of carbonyl (C=O) groups excluding carboxylic acids is 2. The summed E-state index contributed by atoms with van der Waals surface area (Å²) < 4.78 is 32.7. The second-order valence-corrected chi connectivity index (χ2v) is 7.23. The Hall–Kier alpha value is -1.89. The van der Waals surface area contributed by atoms with Gasteiger partial charge in [-0.2, -0.15) is 8.42 Å². The first-order valence-electron chi connectivity index (χ1n) is 6.80. The highest BCUT2D eigenvalue weighted by atomic mass is 32.2. The fourth-order valence-corrected chi connectivity index (χ4v) is 2.17. The lowest BCUT2D eigenvalue weighted by atomic mass is 9.95. The van der Waals surface area contributed by atoms with E-state index < -0.39 is 27.3 Å². The molecule has 0 aliphatic rings. The van der Waals surface area contributed by atoms with Gasteiger partial charge in [0.05, 0.1) is 12.4 Å². The van der Waals surface area contributed by atoms with Crippen molar-refractivity contribution in [2.45, 2.75) is 38.4 Å². The van der Waals surface area contributed by atoms with Gasteiger partial charge in [-0.1, -0.05) is 19.1 Å². The Balaban J connectivity index is 2.80. The van der Waals surface area contributed by atoms with Crippen molar-refractivity contribution in [2.75, 3.05) is 7.11 Å². The lowest BCUT2D eigenvalue weighted by Crippen LogP contribution is -2.20. The second-order valence-electron chi connectivity index (χ2n) is 5.13. The van der Waals surface area contributed by atoms with Crippen molar-refractivity contribution in [1.29, 1.82) is 0 Å². The van der Waals surface area contributed by atoms with Crippen LogP contribution in [0, 0.1) is 0 Å². The van der Waals surface area contributed by atoms with Crippen molar-refractivity contribution >= 4 is 21.9 Å². The third-order valence-electron chi connectivity index (χ3n) is 3.20. The van der Waals surface area contributed by atoms with E-state index in [4.69, 9.17) is 4.18 Å². The van der Waals surface area contributed by atoms with Crippen molar-refractivity contribution < 1.29 is 26.9 Å². The molecule has 0 heterocycles. The van der Waals surface area contributed by atoms with E-state index in [1.807, 2.05) is 0 Å². The number of carbonyl (C=O) groups is 2. The fraction of sp³-hybridized carbons (Fsp3) is 0.467. The third kappa shape index (κ3) is 4.84. The number of hydrogen-bond donors (Lipinski definition) is 0. The molecule has 7 heteroatoms. The van der Waals surface area contributed by atoms with Crippen LogP contribution in [0.1, 0.15) is 38.7 Å². The van der Waals surface area contributed by atoms with Crippen LogP contribution < -0.4 is 4.18 Å². The summed E-state index contributed by atoms with van der Waals surface area (Å²) in [6, 6.07) is 6.17. The first-order valence-corrected chi connectivity index (χ1v) is 8.27. The minimum Gasteiger partial charge on any atom is -0.469 e. The molecule has 0 N–H and O–H groups in total. The molecule has 0 aromatic heterocycles. The molecular weight excluding hydrogens is 308 g/mol. The minimum absolute atomic E-state index is 0.185. The summed E-state index contributed by atoms with van der Waals surface area (Å²) in [6.45, 7) is 4.72. The quantitative estimate of drug-likeness (QED) is 0.432. The molecule has 0 aliphatic heterocycles. The number of benzene rings is 1. The summed E-state index contributed by atoms with van der Waals surface area (Å²) in [7, 11) is -2.42. The van der Waals surface area contributed by atoms with Crippen LogP contribution in [0.5, 0.6) is 5.75 Å². The van der Waals surface area contributed by atoms with Crippen LogP contribution in [-0.2, 0) is 24.4 Å². The molecule has 22 heavy (non-hydrogen) atoms. The lowest BCUT2D eigenvalue weighted by Gasteiger charge is -2.12. The van der Waals surface area contributed by atoms with Crippen molar-refractivity contribution in [3.05, 3.63) is 29.8 Å². The Morgan fingerprint density at radius 2 is 1.64 bits per heavy atom. The Morgan fingerprint density at radius 3 is 2.09 bits per heavy atom. The van der Waals surface area contributed by atoms with Crippen LogP contribution in [0.3, 0.4) is 0 Å². The van der Waals surface area contributed by atoms with Gasteiger partial charge in [0, 0.05) is 5.92 Å². The highest BCUT2D eigenvalue weighted by molar-refractivity contribution is 7.87. The van der Waals surface area contributed by atoms with Crippen LogP contribution in [0.15, 0.2) is 24.3 Å². The number of Topliss-reactive ketones (excluding diaryl/α,β-unsaturated/α-hetero) is 1. The average molecular weight is 328 g/mol. The molecule has 1 atom stereocenters. The monoisotopic (exact) mass is 328 g/mol. The highest BCUT2D eigenvalue weighted by Crippen LogP contribution is 2.22. The Labute approximate surface area is 130 Å². The number of ether oxygens (including phenoxy) is 1. The van der Waals surface area contributed by atoms with Gasteiger partial charge in [-0.15, -0.1) is 0 Å². The van der Waals surface area contributed by atoms with Gasteiger partial charge in [0.15, 0.2) is 5.78 Å². The Bertz CT molecular complexity index is 631. The normalized spacial score (nSPS) is 12.8. The Kier molecular flexibility index (Phi) is 6.11. The van der Waals surface area contributed by atoms with E-state index in [2.05, 4.69) is 4.74 Å². The van der Waals surface area contributed by atoms with Gasteiger partial charge in [-0.3, -0.25) is 9.59 Å². The van der Waals surface area contributed by atoms with Gasteiger partial charge in [0.1, 0.15) is 12.2 Å². The maximum absolute atomic E-state index is 11.9. The van der Waals surface area contributed by atoms with Crippen molar-refractivity contribution in [2.24, 2.45) is 0 Å². The van der Waals surface area contributed by atoms with E-state index in [1.165, 1.54) is 33.1 Å². The van der Waals surface area contributed by atoms with Gasteiger partial charge in [0.2, 0.25) is 0 Å². The lowest BCUT2D eigenvalue weighted by molar-refractivity contribution is -0.143. The average Bonchev–Trinajstić information content (AvgIpc) is 2.46. The molecular formula is C15H20O6S. The fourth-order valence-electron chi connectivity index (χ4n) is 1.60.